The molecule has 1 rings (SSSR count). The summed E-state index contributed by atoms with van der Waals surface area (Å²) in [5.74, 6) is 0. The Hall–Kier alpha value is -1.05. The van der Waals surface area contributed by atoms with E-state index < -0.39 is 0 Å². The first-order valence-electron chi connectivity index (χ1n) is 2.89. The van der Waals surface area contributed by atoms with E-state index >= 15 is 0 Å². The summed E-state index contributed by atoms with van der Waals surface area (Å²) < 4.78 is 0. The highest BCUT2D eigenvalue weighted by Crippen LogP contribution is 2.02. The van der Waals surface area contributed by atoms with Crippen LogP contribution in [-0.2, 0) is 4.79 Å². The fraction of sp³-hybridized carbons (Fsp3) is 0.286. The first-order valence-corrected chi connectivity index (χ1v) is 2.89. The molecule has 9 heavy (non-hydrogen) atoms. The minimum Gasteiger partial charge on any atom is -0.386 e. The average Bonchev–Trinajstić information content (AvgIpc) is 1.88. The number of carbonyl (C=O) groups excluding carboxylic acids is 1. The number of nitrogens with one attached hydrogen (secondary N) is 1. The first kappa shape index (κ1) is 6.08. The van der Waals surface area contributed by atoms with Crippen LogP contribution in [0.25, 0.3) is 0 Å². The Morgan fingerprint density at radius 1 is 1.78 bits per heavy atom. The molecule has 0 aromatic carbocycles. The maximum atomic E-state index is 10.2. The van der Waals surface area contributed by atoms with Gasteiger partial charge in [0.2, 0.25) is 0 Å². The van der Waals surface area contributed by atoms with E-state index in [-0.39, 0.29) is 0 Å². The normalized spacial score (nSPS) is 17.4. The van der Waals surface area contributed by atoms with Gasteiger partial charge in [-0.15, -0.1) is 0 Å². The van der Waals surface area contributed by atoms with Crippen molar-refractivity contribution in [2.75, 3.05) is 6.54 Å². The fourth-order valence-electron chi connectivity index (χ4n) is 0.791. The predicted octanol–water partition coefficient (Wildman–Crippen LogP) is 0.619. The van der Waals surface area contributed by atoms with E-state index in [1.54, 1.807) is 0 Å². The number of hydrogen-bond acceptors (Lipinski definition) is 2. The molecule has 0 saturated carbocycles. The Bertz CT molecular complexity index is 179. The number of carbonyl (C=O) groups is 1. The van der Waals surface area contributed by atoms with Crippen molar-refractivity contribution in [3.05, 3.63) is 23.4 Å². The molecule has 1 heterocycles. The van der Waals surface area contributed by atoms with E-state index in [1.165, 1.54) is 0 Å². The van der Waals surface area contributed by atoms with Crippen molar-refractivity contribution < 1.29 is 4.79 Å². The number of hydrogen-bond donors (Lipinski definition) is 1. The summed E-state index contributed by atoms with van der Waals surface area (Å²) in [5.41, 5.74) is 1.92. The van der Waals surface area contributed by atoms with Crippen molar-refractivity contribution in [1.82, 2.24) is 5.32 Å². The molecular formula is C7H9NO. The summed E-state index contributed by atoms with van der Waals surface area (Å²) in [5, 5.41) is 2.97. The number of allylic oxidation sites excluding steroid dienone is 2. The second-order valence-electron chi connectivity index (χ2n) is 2.11. The highest BCUT2D eigenvalue weighted by molar-refractivity contribution is 5.75. The summed E-state index contributed by atoms with van der Waals surface area (Å²) in [6.45, 7) is 2.62. The van der Waals surface area contributed by atoms with Crippen LogP contribution in [0.3, 0.4) is 0 Å². The monoisotopic (exact) mass is 123 g/mol. The molecule has 2 heteroatoms. The predicted molar refractivity (Wildman–Crippen MR) is 35.9 cm³/mol. The molecule has 1 aliphatic rings. The van der Waals surface area contributed by atoms with Gasteiger partial charge in [0, 0.05) is 12.1 Å². The van der Waals surface area contributed by atoms with Crippen molar-refractivity contribution >= 4 is 6.29 Å². The zero-order valence-electron chi connectivity index (χ0n) is 5.35. The second kappa shape index (κ2) is 2.49. The Morgan fingerprint density at radius 2 is 2.56 bits per heavy atom. The zero-order valence-corrected chi connectivity index (χ0v) is 5.35. The topological polar surface area (TPSA) is 29.1 Å². The van der Waals surface area contributed by atoms with E-state index in [9.17, 15) is 4.79 Å². The summed E-state index contributed by atoms with van der Waals surface area (Å²) >= 11 is 0. The highest BCUT2D eigenvalue weighted by Gasteiger charge is 1.97. The molecule has 0 radical (unpaired) electrons. The van der Waals surface area contributed by atoms with Crippen LogP contribution in [0.5, 0.6) is 0 Å². The summed E-state index contributed by atoms with van der Waals surface area (Å²) in [6, 6.07) is 0. The van der Waals surface area contributed by atoms with Crippen molar-refractivity contribution in [3.8, 4) is 0 Å². The molecule has 2 nitrogen and oxygen atoms in total. The Kier molecular flexibility index (Phi) is 1.68. The van der Waals surface area contributed by atoms with Crippen LogP contribution >= 0.6 is 0 Å². The molecule has 0 aromatic rings. The molecule has 0 atom stereocenters. The van der Waals surface area contributed by atoms with Gasteiger partial charge in [0.05, 0.1) is 0 Å². The largest absolute Gasteiger partial charge is 0.386 e. The molecule has 0 aromatic heterocycles. The lowest BCUT2D eigenvalue weighted by atomic mass is 10.1. The lowest BCUT2D eigenvalue weighted by Crippen LogP contribution is -2.14. The van der Waals surface area contributed by atoms with Gasteiger partial charge in [-0.25, -0.2) is 0 Å². The van der Waals surface area contributed by atoms with E-state index in [2.05, 4.69) is 5.32 Å². The van der Waals surface area contributed by atoms with Gasteiger partial charge in [-0.1, -0.05) is 0 Å². The molecule has 0 bridgehead atoms. The van der Waals surface area contributed by atoms with E-state index in [1.807, 2.05) is 19.2 Å². The minimum absolute atomic E-state index is 0.668. The molecule has 1 N–H and O–H groups in total. The third kappa shape index (κ3) is 1.42. The van der Waals surface area contributed by atoms with Crippen molar-refractivity contribution in [2.24, 2.45) is 0 Å². The molecule has 0 unspecified atom stereocenters. The molecule has 48 valence electrons. The van der Waals surface area contributed by atoms with Gasteiger partial charge in [-0.05, 0) is 24.8 Å². The van der Waals surface area contributed by atoms with Crippen LogP contribution in [0.2, 0.25) is 0 Å². The van der Waals surface area contributed by atoms with Gasteiger partial charge in [-0.3, -0.25) is 4.79 Å². The molecule has 0 saturated heterocycles. The van der Waals surface area contributed by atoms with Crippen LogP contribution in [0.4, 0.5) is 0 Å². The van der Waals surface area contributed by atoms with Crippen molar-refractivity contribution in [1.29, 1.82) is 0 Å². The van der Waals surface area contributed by atoms with E-state index in [4.69, 9.17) is 0 Å². The quantitative estimate of drug-likeness (QED) is 0.518. The molecule has 0 aliphatic carbocycles. The Morgan fingerprint density at radius 3 is 3.00 bits per heavy atom. The van der Waals surface area contributed by atoms with Gasteiger partial charge in [0.25, 0.3) is 0 Å². The highest BCUT2D eigenvalue weighted by atomic mass is 16.1. The third-order valence-electron chi connectivity index (χ3n) is 1.20. The number of aldehydes is 1. The lowest BCUT2D eigenvalue weighted by Gasteiger charge is -2.06. The van der Waals surface area contributed by atoms with Gasteiger partial charge >= 0.3 is 0 Å². The van der Waals surface area contributed by atoms with Crippen LogP contribution in [0, 0.1) is 0 Å². The van der Waals surface area contributed by atoms with Gasteiger partial charge < -0.3 is 5.32 Å². The lowest BCUT2D eigenvalue weighted by molar-refractivity contribution is -0.104. The number of dihydropyridines is 1. The standard InChI is InChI=1S/C7H9NO/c1-6-2-7(5-9)4-8-3-6/h2-3,5,8H,4H2,1H3. The molecule has 0 amide bonds. The average molecular weight is 123 g/mol. The van der Waals surface area contributed by atoms with Crippen LogP contribution in [-0.4, -0.2) is 12.8 Å². The molecule has 0 spiro atoms. The first-order chi connectivity index (χ1) is 4.33. The number of rotatable bonds is 1. The zero-order chi connectivity index (χ0) is 6.69. The molecule has 1 aliphatic heterocycles. The van der Waals surface area contributed by atoms with Gasteiger partial charge in [0.1, 0.15) is 6.29 Å². The second-order valence-corrected chi connectivity index (χ2v) is 2.11. The molecular weight excluding hydrogens is 114 g/mol. The maximum Gasteiger partial charge on any atom is 0.147 e. The van der Waals surface area contributed by atoms with Crippen molar-refractivity contribution in [3.63, 3.8) is 0 Å². The smallest absolute Gasteiger partial charge is 0.147 e. The Labute approximate surface area is 54.3 Å². The molecule has 0 fully saturated rings. The van der Waals surface area contributed by atoms with Crippen LogP contribution < -0.4 is 5.32 Å². The van der Waals surface area contributed by atoms with Gasteiger partial charge in [-0.2, -0.15) is 0 Å². The van der Waals surface area contributed by atoms with Crippen molar-refractivity contribution in [2.45, 2.75) is 6.92 Å². The van der Waals surface area contributed by atoms with Crippen LogP contribution in [0.15, 0.2) is 23.4 Å². The minimum atomic E-state index is 0.668. The summed E-state index contributed by atoms with van der Waals surface area (Å²) in [4.78, 5) is 10.2. The fourth-order valence-corrected chi connectivity index (χ4v) is 0.791. The Balaban J connectivity index is 2.74. The summed E-state index contributed by atoms with van der Waals surface area (Å²) in [7, 11) is 0. The summed E-state index contributed by atoms with van der Waals surface area (Å²) in [6.07, 6.45) is 4.65. The van der Waals surface area contributed by atoms with Gasteiger partial charge in [0.15, 0.2) is 0 Å². The SMILES string of the molecule is CC1=CNCC(C=O)=C1. The van der Waals surface area contributed by atoms with Crippen LogP contribution in [0.1, 0.15) is 6.92 Å². The third-order valence-corrected chi connectivity index (χ3v) is 1.20. The van der Waals surface area contributed by atoms with E-state index in [0.717, 1.165) is 17.4 Å². The maximum absolute atomic E-state index is 10.2. The van der Waals surface area contributed by atoms with E-state index in [0.29, 0.717) is 6.54 Å².